The van der Waals surface area contributed by atoms with Crippen LogP contribution in [0.1, 0.15) is 17.5 Å². The number of carbonyl (C=O) groups is 1. The van der Waals surface area contributed by atoms with E-state index in [1.54, 1.807) is 23.9 Å². The standard InChI is InChI=1S/C17H18N2O3S/c1-12-7-8-16(13(2)11-12)23-10-9-17(20)18-14-5-3-4-6-15(14)19(21)22/h3-8,11H,9-10H2,1-2H3,(H,18,20). The number of anilines is 1. The number of rotatable bonds is 6. The van der Waals surface area contributed by atoms with Crippen LogP contribution in [0.4, 0.5) is 11.4 Å². The zero-order chi connectivity index (χ0) is 16.8. The first-order valence-corrected chi connectivity index (χ1v) is 8.19. The van der Waals surface area contributed by atoms with Crippen LogP contribution in [0.2, 0.25) is 0 Å². The van der Waals surface area contributed by atoms with Crippen LogP contribution in [0.25, 0.3) is 0 Å². The lowest BCUT2D eigenvalue weighted by molar-refractivity contribution is -0.383. The Labute approximate surface area is 139 Å². The van der Waals surface area contributed by atoms with Crippen LogP contribution in [0.3, 0.4) is 0 Å². The molecule has 2 aromatic carbocycles. The van der Waals surface area contributed by atoms with Gasteiger partial charge in [0, 0.05) is 23.1 Å². The van der Waals surface area contributed by atoms with Gasteiger partial charge in [-0.3, -0.25) is 14.9 Å². The Bertz CT molecular complexity index is 732. The molecule has 0 atom stereocenters. The lowest BCUT2D eigenvalue weighted by Crippen LogP contribution is -2.13. The maximum Gasteiger partial charge on any atom is 0.292 e. The Balaban J connectivity index is 1.90. The number of aryl methyl sites for hydroxylation is 2. The van der Waals surface area contributed by atoms with Crippen molar-refractivity contribution in [3.8, 4) is 0 Å². The van der Waals surface area contributed by atoms with Gasteiger partial charge in [0.25, 0.3) is 5.69 Å². The Hall–Kier alpha value is -2.34. The summed E-state index contributed by atoms with van der Waals surface area (Å²) in [5.41, 5.74) is 2.54. The first-order chi connectivity index (χ1) is 11.0. The normalized spacial score (nSPS) is 10.3. The molecule has 2 aromatic rings. The molecule has 0 aliphatic rings. The summed E-state index contributed by atoms with van der Waals surface area (Å²) in [6, 6.07) is 12.3. The van der Waals surface area contributed by atoms with Crippen LogP contribution in [0, 0.1) is 24.0 Å². The number of benzene rings is 2. The second kappa shape index (κ2) is 7.78. The van der Waals surface area contributed by atoms with E-state index < -0.39 is 4.92 Å². The monoisotopic (exact) mass is 330 g/mol. The fourth-order valence-electron chi connectivity index (χ4n) is 2.17. The molecule has 6 heteroatoms. The third-order valence-electron chi connectivity index (χ3n) is 3.29. The van der Waals surface area contributed by atoms with E-state index in [0.29, 0.717) is 12.2 Å². The smallest absolute Gasteiger partial charge is 0.292 e. The molecular formula is C17H18N2O3S. The van der Waals surface area contributed by atoms with Crippen LogP contribution in [0.15, 0.2) is 47.4 Å². The summed E-state index contributed by atoms with van der Waals surface area (Å²) < 4.78 is 0. The van der Waals surface area contributed by atoms with Gasteiger partial charge in [-0.1, -0.05) is 29.8 Å². The van der Waals surface area contributed by atoms with Crippen LogP contribution in [-0.2, 0) is 4.79 Å². The zero-order valence-corrected chi connectivity index (χ0v) is 13.9. The maximum absolute atomic E-state index is 12.0. The van der Waals surface area contributed by atoms with Crippen molar-refractivity contribution in [1.29, 1.82) is 0 Å². The van der Waals surface area contributed by atoms with Gasteiger partial charge >= 0.3 is 0 Å². The molecule has 0 aliphatic carbocycles. The van der Waals surface area contributed by atoms with Crippen LogP contribution >= 0.6 is 11.8 Å². The number of nitrogens with one attached hydrogen (secondary N) is 1. The second-order valence-corrected chi connectivity index (χ2v) is 6.33. The van der Waals surface area contributed by atoms with Crippen molar-refractivity contribution in [3.05, 3.63) is 63.7 Å². The Morgan fingerprint density at radius 3 is 2.65 bits per heavy atom. The first-order valence-electron chi connectivity index (χ1n) is 7.20. The van der Waals surface area contributed by atoms with E-state index >= 15 is 0 Å². The van der Waals surface area contributed by atoms with Gasteiger partial charge in [-0.2, -0.15) is 0 Å². The fraction of sp³-hybridized carbons (Fsp3) is 0.235. The van der Waals surface area contributed by atoms with E-state index in [1.807, 2.05) is 19.9 Å². The molecule has 2 rings (SSSR count). The van der Waals surface area contributed by atoms with Gasteiger partial charge in [-0.15, -0.1) is 11.8 Å². The summed E-state index contributed by atoms with van der Waals surface area (Å²) in [5, 5.41) is 13.5. The largest absolute Gasteiger partial charge is 0.320 e. The van der Waals surface area contributed by atoms with Crippen molar-refractivity contribution in [2.75, 3.05) is 11.1 Å². The molecule has 23 heavy (non-hydrogen) atoms. The number of nitro groups is 1. The molecule has 0 fully saturated rings. The average molecular weight is 330 g/mol. The van der Waals surface area contributed by atoms with Gasteiger partial charge in [-0.05, 0) is 31.5 Å². The summed E-state index contributed by atoms with van der Waals surface area (Å²) in [4.78, 5) is 23.5. The van der Waals surface area contributed by atoms with Gasteiger partial charge in [0.2, 0.25) is 5.91 Å². The summed E-state index contributed by atoms with van der Waals surface area (Å²) in [7, 11) is 0. The summed E-state index contributed by atoms with van der Waals surface area (Å²) in [6.45, 7) is 4.09. The minimum absolute atomic E-state index is 0.0946. The van der Waals surface area contributed by atoms with Crippen molar-refractivity contribution in [2.45, 2.75) is 25.2 Å². The molecule has 0 unspecified atom stereocenters. The highest BCUT2D eigenvalue weighted by Crippen LogP contribution is 2.25. The molecular weight excluding hydrogens is 312 g/mol. The average Bonchev–Trinajstić information content (AvgIpc) is 2.50. The zero-order valence-electron chi connectivity index (χ0n) is 13.0. The number of thioether (sulfide) groups is 1. The quantitative estimate of drug-likeness (QED) is 0.486. The third-order valence-corrected chi connectivity index (χ3v) is 4.47. The van der Waals surface area contributed by atoms with Gasteiger partial charge < -0.3 is 5.32 Å². The highest BCUT2D eigenvalue weighted by Gasteiger charge is 2.14. The van der Waals surface area contributed by atoms with Crippen molar-refractivity contribution in [2.24, 2.45) is 0 Å². The lowest BCUT2D eigenvalue weighted by Gasteiger charge is -2.08. The van der Waals surface area contributed by atoms with E-state index in [4.69, 9.17) is 0 Å². The van der Waals surface area contributed by atoms with Crippen LogP contribution < -0.4 is 5.32 Å². The van der Waals surface area contributed by atoms with Gasteiger partial charge in [0.15, 0.2) is 0 Å². The molecule has 120 valence electrons. The summed E-state index contributed by atoms with van der Waals surface area (Å²) in [6.07, 6.45) is 0.296. The molecule has 1 N–H and O–H groups in total. The minimum Gasteiger partial charge on any atom is -0.320 e. The minimum atomic E-state index is -0.500. The summed E-state index contributed by atoms with van der Waals surface area (Å²) >= 11 is 1.61. The number of amides is 1. The third kappa shape index (κ3) is 4.82. The van der Waals surface area contributed by atoms with Gasteiger partial charge in [-0.25, -0.2) is 0 Å². The number of nitro benzene ring substituents is 1. The Kier molecular flexibility index (Phi) is 5.76. The molecule has 5 nitrogen and oxygen atoms in total. The Morgan fingerprint density at radius 2 is 1.96 bits per heavy atom. The molecule has 0 aromatic heterocycles. The number of hydrogen-bond acceptors (Lipinski definition) is 4. The molecule has 0 saturated heterocycles. The SMILES string of the molecule is Cc1ccc(SCCC(=O)Nc2ccccc2[N+](=O)[O-])c(C)c1. The molecule has 0 bridgehead atoms. The van der Waals surface area contributed by atoms with Gasteiger partial charge in [0.05, 0.1) is 4.92 Å². The number of para-hydroxylation sites is 2. The molecule has 0 saturated carbocycles. The second-order valence-electron chi connectivity index (χ2n) is 5.19. The lowest BCUT2D eigenvalue weighted by atomic mass is 10.2. The topological polar surface area (TPSA) is 72.2 Å². The van der Waals surface area contributed by atoms with Crippen molar-refractivity contribution < 1.29 is 9.72 Å². The number of hydrogen-bond donors (Lipinski definition) is 1. The van der Waals surface area contributed by atoms with E-state index in [1.165, 1.54) is 23.3 Å². The number of nitrogens with zero attached hydrogens (tertiary/aromatic N) is 1. The molecule has 0 spiro atoms. The van der Waals surface area contributed by atoms with E-state index in [-0.39, 0.29) is 17.3 Å². The molecule has 1 amide bonds. The molecule has 0 aliphatic heterocycles. The molecule has 0 radical (unpaired) electrons. The Morgan fingerprint density at radius 1 is 1.22 bits per heavy atom. The van der Waals surface area contributed by atoms with Crippen LogP contribution in [-0.4, -0.2) is 16.6 Å². The van der Waals surface area contributed by atoms with E-state index in [2.05, 4.69) is 17.4 Å². The number of carbonyl (C=O) groups excluding carboxylic acids is 1. The fourth-order valence-corrected chi connectivity index (χ4v) is 3.12. The van der Waals surface area contributed by atoms with E-state index in [0.717, 1.165) is 4.90 Å². The van der Waals surface area contributed by atoms with E-state index in [9.17, 15) is 14.9 Å². The van der Waals surface area contributed by atoms with Crippen molar-refractivity contribution in [3.63, 3.8) is 0 Å². The van der Waals surface area contributed by atoms with Gasteiger partial charge in [0.1, 0.15) is 5.69 Å². The molecule has 0 heterocycles. The predicted octanol–water partition coefficient (Wildman–Crippen LogP) is 4.33. The summed E-state index contributed by atoms with van der Waals surface area (Å²) in [5.74, 6) is 0.396. The van der Waals surface area contributed by atoms with Crippen molar-refractivity contribution in [1.82, 2.24) is 0 Å². The first kappa shape index (κ1) is 17.0. The van der Waals surface area contributed by atoms with Crippen LogP contribution in [0.5, 0.6) is 0 Å². The highest BCUT2D eigenvalue weighted by molar-refractivity contribution is 7.99. The maximum atomic E-state index is 12.0. The van der Waals surface area contributed by atoms with Crippen molar-refractivity contribution >= 4 is 29.0 Å². The predicted molar refractivity (Wildman–Crippen MR) is 93.0 cm³/mol. The highest BCUT2D eigenvalue weighted by atomic mass is 32.2.